The van der Waals surface area contributed by atoms with Gasteiger partial charge in [0.2, 0.25) is 0 Å². The van der Waals surface area contributed by atoms with E-state index in [0.29, 0.717) is 18.7 Å². The molecule has 0 spiro atoms. The average molecular weight is 255 g/mol. The standard InChI is InChI=1S/C15H17N3O/c1-11-5-6-14(10-17-11)15(19)18-9-13-4-2-3-12(7-13)8-16/h2-7,10H,8-9,16H2,1H3,(H,18,19). The smallest absolute Gasteiger partial charge is 0.253 e. The Balaban J connectivity index is 1.98. The Morgan fingerprint density at radius 3 is 2.74 bits per heavy atom. The maximum Gasteiger partial charge on any atom is 0.253 e. The van der Waals surface area contributed by atoms with E-state index in [9.17, 15) is 4.79 Å². The lowest BCUT2D eigenvalue weighted by Crippen LogP contribution is -2.23. The molecule has 1 aromatic carbocycles. The molecule has 3 N–H and O–H groups in total. The van der Waals surface area contributed by atoms with Crippen LogP contribution in [0.2, 0.25) is 0 Å². The number of aromatic nitrogens is 1. The van der Waals surface area contributed by atoms with Crippen molar-refractivity contribution in [3.8, 4) is 0 Å². The van der Waals surface area contributed by atoms with Gasteiger partial charge in [-0.3, -0.25) is 9.78 Å². The zero-order chi connectivity index (χ0) is 13.7. The molecular weight excluding hydrogens is 238 g/mol. The molecule has 1 amide bonds. The van der Waals surface area contributed by atoms with Crippen LogP contribution in [0.25, 0.3) is 0 Å². The van der Waals surface area contributed by atoms with Crippen LogP contribution >= 0.6 is 0 Å². The zero-order valence-corrected chi connectivity index (χ0v) is 10.9. The third kappa shape index (κ3) is 3.63. The summed E-state index contributed by atoms with van der Waals surface area (Å²) in [6.45, 7) is 2.88. The maximum absolute atomic E-state index is 11.9. The fourth-order valence-corrected chi connectivity index (χ4v) is 1.75. The van der Waals surface area contributed by atoms with E-state index in [2.05, 4.69) is 10.3 Å². The van der Waals surface area contributed by atoms with Gasteiger partial charge in [-0.2, -0.15) is 0 Å². The Hall–Kier alpha value is -2.20. The molecule has 0 atom stereocenters. The highest BCUT2D eigenvalue weighted by molar-refractivity contribution is 5.93. The third-order valence-electron chi connectivity index (χ3n) is 2.85. The summed E-state index contributed by atoms with van der Waals surface area (Å²) in [5.41, 5.74) is 9.15. The Labute approximate surface area is 112 Å². The van der Waals surface area contributed by atoms with Crippen LogP contribution in [0, 0.1) is 6.92 Å². The summed E-state index contributed by atoms with van der Waals surface area (Å²) in [6, 6.07) is 11.5. The summed E-state index contributed by atoms with van der Waals surface area (Å²) in [6.07, 6.45) is 1.58. The molecule has 1 aromatic heterocycles. The fourth-order valence-electron chi connectivity index (χ4n) is 1.75. The number of carbonyl (C=O) groups excluding carboxylic acids is 1. The first kappa shape index (κ1) is 13.2. The van der Waals surface area contributed by atoms with E-state index in [0.717, 1.165) is 16.8 Å². The number of benzene rings is 1. The molecule has 4 heteroatoms. The van der Waals surface area contributed by atoms with Crippen LogP contribution < -0.4 is 11.1 Å². The van der Waals surface area contributed by atoms with Crippen LogP contribution in [0.15, 0.2) is 42.6 Å². The Morgan fingerprint density at radius 2 is 2.05 bits per heavy atom. The molecule has 0 aliphatic carbocycles. The van der Waals surface area contributed by atoms with Crippen LogP contribution in [0.5, 0.6) is 0 Å². The summed E-state index contributed by atoms with van der Waals surface area (Å²) in [5, 5.41) is 2.87. The Bertz CT molecular complexity index is 564. The summed E-state index contributed by atoms with van der Waals surface area (Å²) in [7, 11) is 0. The van der Waals surface area contributed by atoms with Crippen molar-refractivity contribution >= 4 is 5.91 Å². The monoisotopic (exact) mass is 255 g/mol. The number of amides is 1. The molecule has 0 radical (unpaired) electrons. The minimum Gasteiger partial charge on any atom is -0.348 e. The number of nitrogens with one attached hydrogen (secondary N) is 1. The lowest BCUT2D eigenvalue weighted by atomic mass is 10.1. The van der Waals surface area contributed by atoms with Crippen molar-refractivity contribution in [1.82, 2.24) is 10.3 Å². The second-order valence-corrected chi connectivity index (χ2v) is 4.40. The first-order valence-electron chi connectivity index (χ1n) is 6.18. The predicted octanol–water partition coefficient (Wildman–Crippen LogP) is 1.78. The van der Waals surface area contributed by atoms with Crippen molar-refractivity contribution in [3.05, 3.63) is 65.0 Å². The molecule has 0 fully saturated rings. The highest BCUT2D eigenvalue weighted by Gasteiger charge is 2.05. The molecule has 2 rings (SSSR count). The van der Waals surface area contributed by atoms with Crippen molar-refractivity contribution in [3.63, 3.8) is 0 Å². The minimum absolute atomic E-state index is 0.120. The van der Waals surface area contributed by atoms with Gasteiger partial charge in [0, 0.05) is 25.0 Å². The maximum atomic E-state index is 11.9. The van der Waals surface area contributed by atoms with Gasteiger partial charge in [0.1, 0.15) is 0 Å². The number of nitrogens with two attached hydrogens (primary N) is 1. The number of carbonyl (C=O) groups is 1. The molecule has 0 aliphatic heterocycles. The third-order valence-corrected chi connectivity index (χ3v) is 2.85. The number of nitrogens with zero attached hydrogens (tertiary/aromatic N) is 1. The SMILES string of the molecule is Cc1ccc(C(=O)NCc2cccc(CN)c2)cn1. The predicted molar refractivity (Wildman–Crippen MR) is 74.5 cm³/mol. The number of aryl methyl sites for hydroxylation is 1. The highest BCUT2D eigenvalue weighted by Crippen LogP contribution is 2.05. The van der Waals surface area contributed by atoms with Gasteiger partial charge in [0.25, 0.3) is 5.91 Å². The second kappa shape index (κ2) is 6.11. The summed E-state index contributed by atoms with van der Waals surface area (Å²) < 4.78 is 0. The van der Waals surface area contributed by atoms with Crippen molar-refractivity contribution < 1.29 is 4.79 Å². The highest BCUT2D eigenvalue weighted by atomic mass is 16.1. The molecular formula is C15H17N3O. The Kier molecular flexibility index (Phi) is 4.26. The normalized spacial score (nSPS) is 10.2. The van der Waals surface area contributed by atoms with E-state index in [1.807, 2.05) is 37.3 Å². The van der Waals surface area contributed by atoms with E-state index in [-0.39, 0.29) is 5.91 Å². The second-order valence-electron chi connectivity index (χ2n) is 4.40. The van der Waals surface area contributed by atoms with Gasteiger partial charge in [-0.05, 0) is 30.2 Å². The van der Waals surface area contributed by atoms with E-state index < -0.39 is 0 Å². The molecule has 0 aliphatic rings. The van der Waals surface area contributed by atoms with Gasteiger partial charge >= 0.3 is 0 Å². The summed E-state index contributed by atoms with van der Waals surface area (Å²) in [5.74, 6) is -0.120. The van der Waals surface area contributed by atoms with Crippen molar-refractivity contribution in [2.75, 3.05) is 0 Å². The summed E-state index contributed by atoms with van der Waals surface area (Å²) >= 11 is 0. The number of hydrogen-bond donors (Lipinski definition) is 2. The van der Waals surface area contributed by atoms with Crippen molar-refractivity contribution in [2.24, 2.45) is 5.73 Å². The van der Waals surface area contributed by atoms with Crippen molar-refractivity contribution in [2.45, 2.75) is 20.0 Å². The quantitative estimate of drug-likeness (QED) is 0.875. The molecule has 0 saturated carbocycles. The molecule has 98 valence electrons. The van der Waals surface area contributed by atoms with Crippen LogP contribution in [0.3, 0.4) is 0 Å². The first-order chi connectivity index (χ1) is 9.19. The molecule has 2 aromatic rings. The van der Waals surface area contributed by atoms with E-state index in [1.54, 1.807) is 12.3 Å². The first-order valence-corrected chi connectivity index (χ1v) is 6.18. The molecule has 4 nitrogen and oxygen atoms in total. The average Bonchev–Trinajstić information content (AvgIpc) is 2.46. The van der Waals surface area contributed by atoms with Gasteiger partial charge < -0.3 is 11.1 Å². The number of pyridine rings is 1. The van der Waals surface area contributed by atoms with E-state index in [4.69, 9.17) is 5.73 Å². The minimum atomic E-state index is -0.120. The fraction of sp³-hybridized carbons (Fsp3) is 0.200. The van der Waals surface area contributed by atoms with Crippen LogP contribution in [-0.2, 0) is 13.1 Å². The molecule has 19 heavy (non-hydrogen) atoms. The molecule has 0 saturated heterocycles. The van der Waals surface area contributed by atoms with Gasteiger partial charge in [0.05, 0.1) is 5.56 Å². The van der Waals surface area contributed by atoms with Crippen molar-refractivity contribution in [1.29, 1.82) is 0 Å². The van der Waals surface area contributed by atoms with E-state index in [1.165, 1.54) is 0 Å². The number of hydrogen-bond acceptors (Lipinski definition) is 3. The van der Waals surface area contributed by atoms with Crippen LogP contribution in [0.1, 0.15) is 27.2 Å². The largest absolute Gasteiger partial charge is 0.348 e. The lowest BCUT2D eigenvalue weighted by Gasteiger charge is -2.06. The molecule has 0 unspecified atom stereocenters. The van der Waals surface area contributed by atoms with Gasteiger partial charge in [-0.1, -0.05) is 24.3 Å². The lowest BCUT2D eigenvalue weighted by molar-refractivity contribution is 0.0950. The van der Waals surface area contributed by atoms with Gasteiger partial charge in [-0.25, -0.2) is 0 Å². The Morgan fingerprint density at radius 1 is 1.26 bits per heavy atom. The van der Waals surface area contributed by atoms with Gasteiger partial charge in [0.15, 0.2) is 0 Å². The molecule has 1 heterocycles. The molecule has 0 bridgehead atoms. The number of rotatable bonds is 4. The van der Waals surface area contributed by atoms with Crippen LogP contribution in [-0.4, -0.2) is 10.9 Å². The summed E-state index contributed by atoms with van der Waals surface area (Å²) in [4.78, 5) is 16.0. The van der Waals surface area contributed by atoms with Crippen LogP contribution in [0.4, 0.5) is 0 Å². The zero-order valence-electron chi connectivity index (χ0n) is 10.9. The van der Waals surface area contributed by atoms with Gasteiger partial charge in [-0.15, -0.1) is 0 Å². The topological polar surface area (TPSA) is 68.0 Å². The van der Waals surface area contributed by atoms with E-state index >= 15 is 0 Å².